The molecule has 0 unspecified atom stereocenters. The average molecular weight is 614 g/mol. The Kier molecular flexibility index (Phi) is 6.84. The first-order valence-corrected chi connectivity index (χ1v) is 16.4. The molecule has 0 saturated carbocycles. The molecule has 48 heavy (non-hydrogen) atoms. The van der Waals surface area contributed by atoms with Crippen molar-refractivity contribution in [1.29, 1.82) is 0 Å². The summed E-state index contributed by atoms with van der Waals surface area (Å²) in [6.45, 7) is 0. The van der Waals surface area contributed by atoms with Crippen LogP contribution in [0.15, 0.2) is 192 Å². The van der Waals surface area contributed by atoms with Gasteiger partial charge in [-0.2, -0.15) is 0 Å². The van der Waals surface area contributed by atoms with Crippen LogP contribution in [0.4, 0.5) is 17.1 Å². The molecule has 9 aromatic rings. The van der Waals surface area contributed by atoms with E-state index in [4.69, 9.17) is 4.42 Å². The highest BCUT2D eigenvalue weighted by Crippen LogP contribution is 2.44. The van der Waals surface area contributed by atoms with Gasteiger partial charge in [0.25, 0.3) is 0 Å². The van der Waals surface area contributed by atoms with E-state index in [2.05, 4.69) is 181 Å². The Morgan fingerprint density at radius 2 is 0.938 bits per heavy atom. The number of rotatable bonds is 6. The molecule has 0 atom stereocenters. The van der Waals surface area contributed by atoms with Crippen molar-refractivity contribution in [3.63, 3.8) is 0 Å². The van der Waals surface area contributed by atoms with Crippen LogP contribution in [0.25, 0.3) is 66.1 Å². The molecular weight excluding hydrogens is 583 g/mol. The van der Waals surface area contributed by atoms with Crippen LogP contribution >= 0.6 is 0 Å². The van der Waals surface area contributed by atoms with Gasteiger partial charge >= 0.3 is 0 Å². The highest BCUT2D eigenvalue weighted by atomic mass is 16.3. The van der Waals surface area contributed by atoms with Crippen LogP contribution in [0.3, 0.4) is 0 Å². The summed E-state index contributed by atoms with van der Waals surface area (Å²) in [5.41, 5.74) is 12.0. The van der Waals surface area contributed by atoms with Gasteiger partial charge in [0.2, 0.25) is 0 Å². The van der Waals surface area contributed by atoms with Gasteiger partial charge in [-0.25, -0.2) is 0 Å². The number of furan rings is 1. The lowest BCUT2D eigenvalue weighted by molar-refractivity contribution is 0.670. The summed E-state index contributed by atoms with van der Waals surface area (Å²) < 4.78 is 6.39. The van der Waals surface area contributed by atoms with Crippen LogP contribution in [0.5, 0.6) is 0 Å². The molecule has 0 N–H and O–H groups in total. The van der Waals surface area contributed by atoms with E-state index in [0.29, 0.717) is 0 Å². The number of fused-ring (bicyclic) bond motifs is 4. The van der Waals surface area contributed by atoms with Crippen molar-refractivity contribution < 1.29 is 4.42 Å². The third-order valence-corrected chi connectivity index (χ3v) is 9.28. The summed E-state index contributed by atoms with van der Waals surface area (Å²) >= 11 is 0. The summed E-state index contributed by atoms with van der Waals surface area (Å²) in [6, 6.07) is 66.9. The predicted octanol–water partition coefficient (Wildman–Crippen LogP) is 13.2. The van der Waals surface area contributed by atoms with Crippen LogP contribution in [0.2, 0.25) is 0 Å². The predicted molar refractivity (Wildman–Crippen MR) is 202 cm³/mol. The van der Waals surface area contributed by atoms with Crippen molar-refractivity contribution in [2.45, 2.75) is 0 Å². The van der Waals surface area contributed by atoms with Crippen LogP contribution in [-0.2, 0) is 0 Å². The molecule has 2 heteroatoms. The van der Waals surface area contributed by atoms with Crippen molar-refractivity contribution in [1.82, 2.24) is 0 Å². The van der Waals surface area contributed by atoms with Crippen LogP contribution < -0.4 is 4.90 Å². The van der Waals surface area contributed by atoms with Gasteiger partial charge in [-0.3, -0.25) is 0 Å². The van der Waals surface area contributed by atoms with E-state index < -0.39 is 0 Å². The summed E-state index contributed by atoms with van der Waals surface area (Å²) in [4.78, 5) is 2.38. The quantitative estimate of drug-likeness (QED) is 0.185. The Balaban J connectivity index is 1.23. The largest absolute Gasteiger partial charge is 0.455 e. The Morgan fingerprint density at radius 3 is 1.77 bits per heavy atom. The normalized spacial score (nSPS) is 11.3. The molecule has 0 aliphatic carbocycles. The van der Waals surface area contributed by atoms with E-state index in [9.17, 15) is 0 Å². The zero-order valence-electron chi connectivity index (χ0n) is 26.3. The maximum Gasteiger partial charge on any atom is 0.143 e. The van der Waals surface area contributed by atoms with E-state index in [1.165, 1.54) is 33.0 Å². The van der Waals surface area contributed by atoms with Crippen molar-refractivity contribution in [3.05, 3.63) is 188 Å². The van der Waals surface area contributed by atoms with Gasteiger partial charge in [0.15, 0.2) is 0 Å². The highest BCUT2D eigenvalue weighted by molar-refractivity contribution is 6.09. The molecule has 1 heterocycles. The average Bonchev–Trinajstić information content (AvgIpc) is 3.55. The topological polar surface area (TPSA) is 16.4 Å². The Hall–Kier alpha value is -6.38. The van der Waals surface area contributed by atoms with Crippen molar-refractivity contribution in [3.8, 4) is 33.4 Å². The molecule has 0 aliphatic heterocycles. The van der Waals surface area contributed by atoms with E-state index in [0.717, 1.165) is 50.1 Å². The van der Waals surface area contributed by atoms with E-state index in [1.807, 2.05) is 12.1 Å². The molecule has 0 amide bonds. The molecule has 0 aliphatic rings. The number of para-hydroxylation sites is 3. The Bertz CT molecular complexity index is 2540. The van der Waals surface area contributed by atoms with Crippen LogP contribution in [-0.4, -0.2) is 0 Å². The number of nitrogens with zero attached hydrogens (tertiary/aromatic N) is 1. The minimum atomic E-state index is 0.909. The third kappa shape index (κ3) is 4.83. The van der Waals surface area contributed by atoms with Gasteiger partial charge < -0.3 is 9.32 Å². The Labute approximate surface area is 279 Å². The maximum absolute atomic E-state index is 6.39. The van der Waals surface area contributed by atoms with E-state index in [1.54, 1.807) is 0 Å². The zero-order valence-corrected chi connectivity index (χ0v) is 26.3. The standard InChI is InChI=1S/C46H31NO/c1-3-13-33(14-4-1)40-30-27-35(39-21-11-16-32-15-7-8-19-38(32)39)31-44(40)47(36-17-5-2-6-18-36)37-28-25-34(26-29-37)41-22-12-23-43-42-20-9-10-24-45(42)48-46(41)43/h1-31H. The number of benzene rings is 8. The minimum Gasteiger partial charge on any atom is -0.455 e. The summed E-state index contributed by atoms with van der Waals surface area (Å²) in [7, 11) is 0. The smallest absolute Gasteiger partial charge is 0.143 e. The number of hydrogen-bond donors (Lipinski definition) is 0. The van der Waals surface area contributed by atoms with Gasteiger partial charge in [0.05, 0.1) is 5.69 Å². The molecule has 9 rings (SSSR count). The molecule has 1 aromatic heterocycles. The maximum atomic E-state index is 6.39. The molecule has 226 valence electrons. The van der Waals surface area contributed by atoms with Gasteiger partial charge in [0.1, 0.15) is 11.2 Å². The number of hydrogen-bond acceptors (Lipinski definition) is 2. The number of anilines is 3. The molecule has 2 nitrogen and oxygen atoms in total. The lowest BCUT2D eigenvalue weighted by atomic mass is 9.94. The van der Waals surface area contributed by atoms with Gasteiger partial charge in [-0.05, 0) is 69.4 Å². The first kappa shape index (κ1) is 27.9. The van der Waals surface area contributed by atoms with Crippen LogP contribution in [0, 0.1) is 0 Å². The molecular formula is C46H31NO. The molecule has 0 spiro atoms. The fraction of sp³-hybridized carbons (Fsp3) is 0. The second-order valence-electron chi connectivity index (χ2n) is 12.1. The molecule has 0 saturated heterocycles. The van der Waals surface area contributed by atoms with E-state index >= 15 is 0 Å². The summed E-state index contributed by atoms with van der Waals surface area (Å²) in [5.74, 6) is 0. The fourth-order valence-electron chi connectivity index (χ4n) is 6.99. The Morgan fingerprint density at radius 1 is 0.354 bits per heavy atom. The summed E-state index contributed by atoms with van der Waals surface area (Å²) in [5, 5.41) is 4.75. The first-order chi connectivity index (χ1) is 23.8. The van der Waals surface area contributed by atoms with Gasteiger partial charge in [0, 0.05) is 33.3 Å². The van der Waals surface area contributed by atoms with Gasteiger partial charge in [-0.1, -0.05) is 152 Å². The first-order valence-electron chi connectivity index (χ1n) is 16.4. The molecule has 8 aromatic carbocycles. The second kappa shape index (κ2) is 11.8. The minimum absolute atomic E-state index is 0.909. The SMILES string of the molecule is c1ccc(-c2ccc(-c3cccc4ccccc34)cc2N(c2ccccc2)c2ccc(-c3cccc4c3oc3ccccc34)cc2)cc1. The van der Waals surface area contributed by atoms with E-state index in [-0.39, 0.29) is 0 Å². The molecule has 0 bridgehead atoms. The lowest BCUT2D eigenvalue weighted by Gasteiger charge is -2.29. The third-order valence-electron chi connectivity index (χ3n) is 9.28. The van der Waals surface area contributed by atoms with Gasteiger partial charge in [-0.15, -0.1) is 0 Å². The van der Waals surface area contributed by atoms with Crippen LogP contribution in [0.1, 0.15) is 0 Å². The van der Waals surface area contributed by atoms with Crippen molar-refractivity contribution >= 4 is 49.8 Å². The monoisotopic (exact) mass is 613 g/mol. The fourth-order valence-corrected chi connectivity index (χ4v) is 6.99. The van der Waals surface area contributed by atoms with Crippen molar-refractivity contribution in [2.75, 3.05) is 4.90 Å². The zero-order chi connectivity index (χ0) is 31.9. The summed E-state index contributed by atoms with van der Waals surface area (Å²) in [6.07, 6.45) is 0. The highest BCUT2D eigenvalue weighted by Gasteiger charge is 2.20. The van der Waals surface area contributed by atoms with Crippen molar-refractivity contribution in [2.24, 2.45) is 0 Å². The second-order valence-corrected chi connectivity index (χ2v) is 12.1. The lowest BCUT2D eigenvalue weighted by Crippen LogP contribution is -2.11. The molecule has 0 radical (unpaired) electrons. The molecule has 0 fully saturated rings.